The molecule has 0 heterocycles. The largest absolute Gasteiger partial charge is 0.416 e. The standard InChI is InChI=1S/C23H19Cl2F3N2O3S/c24-18-7-9-19(10-8-18)34(32,33)30(13-12-16-4-2-1-3-5-16)15-22(31)29-21-14-17(23(26,27)28)6-11-20(21)25/h1-11,14H,12-13,15H2,(H,29,31). The van der Waals surface area contributed by atoms with Crippen molar-refractivity contribution in [3.63, 3.8) is 0 Å². The van der Waals surface area contributed by atoms with Crippen molar-refractivity contribution in [2.45, 2.75) is 17.5 Å². The van der Waals surface area contributed by atoms with E-state index in [-0.39, 0.29) is 22.2 Å². The van der Waals surface area contributed by atoms with Crippen molar-refractivity contribution in [1.82, 2.24) is 4.31 Å². The molecule has 0 saturated heterocycles. The van der Waals surface area contributed by atoms with Gasteiger partial charge in [-0.1, -0.05) is 53.5 Å². The molecule has 0 aliphatic carbocycles. The third-order valence-electron chi connectivity index (χ3n) is 4.83. The van der Waals surface area contributed by atoms with E-state index in [0.29, 0.717) is 17.5 Å². The van der Waals surface area contributed by atoms with Crippen LogP contribution in [0.5, 0.6) is 0 Å². The van der Waals surface area contributed by atoms with Gasteiger partial charge in [-0.05, 0) is 54.4 Å². The van der Waals surface area contributed by atoms with Gasteiger partial charge in [0, 0.05) is 11.6 Å². The second-order valence-corrected chi connectivity index (χ2v) is 10.1. The number of sulfonamides is 1. The Bertz CT molecular complexity index is 1250. The van der Waals surface area contributed by atoms with E-state index in [1.165, 1.54) is 24.3 Å². The van der Waals surface area contributed by atoms with Gasteiger partial charge in [0.15, 0.2) is 0 Å². The van der Waals surface area contributed by atoms with Crippen molar-refractivity contribution in [2.24, 2.45) is 0 Å². The SMILES string of the molecule is O=C(CN(CCc1ccccc1)S(=O)(=O)c1ccc(Cl)cc1)Nc1cc(C(F)(F)F)ccc1Cl. The molecule has 3 rings (SSSR count). The highest BCUT2D eigenvalue weighted by Crippen LogP contribution is 2.33. The van der Waals surface area contributed by atoms with Crippen molar-refractivity contribution in [3.05, 3.63) is 94.0 Å². The number of amides is 1. The van der Waals surface area contributed by atoms with Gasteiger partial charge in [0.05, 0.1) is 27.7 Å². The van der Waals surface area contributed by atoms with Gasteiger partial charge in [0.25, 0.3) is 0 Å². The quantitative estimate of drug-likeness (QED) is 0.395. The second-order valence-electron chi connectivity index (χ2n) is 7.27. The lowest BCUT2D eigenvalue weighted by atomic mass is 10.1. The Morgan fingerprint density at radius 2 is 1.59 bits per heavy atom. The van der Waals surface area contributed by atoms with Crippen LogP contribution >= 0.6 is 23.2 Å². The predicted molar refractivity (Wildman–Crippen MR) is 125 cm³/mol. The van der Waals surface area contributed by atoms with E-state index in [9.17, 15) is 26.4 Å². The molecule has 11 heteroatoms. The van der Waals surface area contributed by atoms with Gasteiger partial charge in [-0.3, -0.25) is 4.79 Å². The third-order valence-corrected chi connectivity index (χ3v) is 7.27. The molecule has 0 radical (unpaired) electrons. The summed E-state index contributed by atoms with van der Waals surface area (Å²) in [5.41, 5.74) is -0.421. The van der Waals surface area contributed by atoms with Crippen LogP contribution in [0, 0.1) is 0 Å². The van der Waals surface area contributed by atoms with Gasteiger partial charge < -0.3 is 5.32 Å². The summed E-state index contributed by atoms with van der Waals surface area (Å²) in [5, 5.41) is 2.51. The fourth-order valence-electron chi connectivity index (χ4n) is 3.09. The predicted octanol–water partition coefficient (Wildman–Crippen LogP) is 5.88. The Kier molecular flexibility index (Phi) is 8.25. The Morgan fingerprint density at radius 3 is 2.21 bits per heavy atom. The average Bonchev–Trinajstić information content (AvgIpc) is 2.78. The Labute approximate surface area is 205 Å². The minimum absolute atomic E-state index is 0.0429. The van der Waals surface area contributed by atoms with Crippen LogP contribution in [-0.4, -0.2) is 31.7 Å². The van der Waals surface area contributed by atoms with Crippen LogP contribution in [0.2, 0.25) is 10.0 Å². The van der Waals surface area contributed by atoms with Crippen LogP contribution < -0.4 is 5.32 Å². The zero-order chi connectivity index (χ0) is 24.9. The number of alkyl halides is 3. The molecule has 0 aromatic heterocycles. The molecule has 1 N–H and O–H groups in total. The molecule has 0 fully saturated rings. The van der Waals surface area contributed by atoms with Crippen LogP contribution in [0.25, 0.3) is 0 Å². The molecular formula is C23H19Cl2F3N2O3S. The van der Waals surface area contributed by atoms with E-state index in [2.05, 4.69) is 5.32 Å². The number of benzene rings is 3. The summed E-state index contributed by atoms with van der Waals surface area (Å²) < 4.78 is 66.5. The van der Waals surface area contributed by atoms with Gasteiger partial charge >= 0.3 is 6.18 Å². The number of carbonyl (C=O) groups is 1. The maximum absolute atomic E-state index is 13.2. The first-order valence-electron chi connectivity index (χ1n) is 9.93. The maximum atomic E-state index is 13.2. The van der Waals surface area contributed by atoms with E-state index in [4.69, 9.17) is 23.2 Å². The van der Waals surface area contributed by atoms with Crippen LogP contribution in [-0.2, 0) is 27.4 Å². The molecule has 0 aliphatic rings. The first-order chi connectivity index (χ1) is 16.0. The number of hydrogen-bond donors (Lipinski definition) is 1. The van der Waals surface area contributed by atoms with Crippen molar-refractivity contribution < 1.29 is 26.4 Å². The molecule has 0 saturated carbocycles. The number of nitrogens with one attached hydrogen (secondary N) is 1. The fourth-order valence-corrected chi connectivity index (χ4v) is 4.77. The first-order valence-corrected chi connectivity index (χ1v) is 12.1. The van der Waals surface area contributed by atoms with Crippen molar-refractivity contribution in [1.29, 1.82) is 0 Å². The summed E-state index contributed by atoms with van der Waals surface area (Å²) in [7, 11) is -4.12. The topological polar surface area (TPSA) is 66.5 Å². The molecule has 3 aromatic carbocycles. The van der Waals surface area contributed by atoms with Gasteiger partial charge in [-0.2, -0.15) is 17.5 Å². The third kappa shape index (κ3) is 6.73. The Hall–Kier alpha value is -2.59. The number of anilines is 1. The molecular weight excluding hydrogens is 512 g/mol. The van der Waals surface area contributed by atoms with E-state index >= 15 is 0 Å². The van der Waals surface area contributed by atoms with E-state index in [0.717, 1.165) is 22.0 Å². The molecule has 0 atom stereocenters. The molecule has 180 valence electrons. The van der Waals surface area contributed by atoms with Gasteiger partial charge in [0.2, 0.25) is 15.9 Å². The number of halogens is 5. The van der Waals surface area contributed by atoms with Gasteiger partial charge in [0.1, 0.15) is 0 Å². The summed E-state index contributed by atoms with van der Waals surface area (Å²) in [6, 6.07) is 17.0. The minimum atomic E-state index is -4.64. The molecule has 34 heavy (non-hydrogen) atoms. The Morgan fingerprint density at radius 1 is 0.941 bits per heavy atom. The van der Waals surface area contributed by atoms with Crippen LogP contribution in [0.4, 0.5) is 18.9 Å². The summed E-state index contributed by atoms with van der Waals surface area (Å²) in [6.07, 6.45) is -4.32. The van der Waals surface area contributed by atoms with Crippen LogP contribution in [0.3, 0.4) is 0 Å². The minimum Gasteiger partial charge on any atom is -0.324 e. The van der Waals surface area contributed by atoms with E-state index < -0.39 is 34.2 Å². The fraction of sp³-hybridized carbons (Fsp3) is 0.174. The normalized spacial score (nSPS) is 12.1. The zero-order valence-corrected chi connectivity index (χ0v) is 19.8. The second kappa shape index (κ2) is 10.8. The monoisotopic (exact) mass is 530 g/mol. The lowest BCUT2D eigenvalue weighted by molar-refractivity contribution is -0.137. The highest BCUT2D eigenvalue weighted by atomic mass is 35.5. The molecule has 3 aromatic rings. The maximum Gasteiger partial charge on any atom is 0.416 e. The smallest absolute Gasteiger partial charge is 0.324 e. The van der Waals surface area contributed by atoms with Crippen molar-refractivity contribution in [3.8, 4) is 0 Å². The van der Waals surface area contributed by atoms with Crippen molar-refractivity contribution in [2.75, 3.05) is 18.4 Å². The highest BCUT2D eigenvalue weighted by Gasteiger charge is 2.31. The molecule has 0 bridgehead atoms. The number of nitrogens with zero attached hydrogens (tertiary/aromatic N) is 1. The lowest BCUT2D eigenvalue weighted by Gasteiger charge is -2.22. The number of hydrogen-bond acceptors (Lipinski definition) is 3. The highest BCUT2D eigenvalue weighted by molar-refractivity contribution is 7.89. The first kappa shape index (κ1) is 26.0. The Balaban J connectivity index is 1.84. The average molecular weight is 531 g/mol. The zero-order valence-electron chi connectivity index (χ0n) is 17.5. The van der Waals surface area contributed by atoms with E-state index in [1.807, 2.05) is 18.2 Å². The lowest BCUT2D eigenvalue weighted by Crippen LogP contribution is -2.39. The molecule has 0 aliphatic heterocycles. The van der Waals surface area contributed by atoms with Crippen LogP contribution in [0.1, 0.15) is 11.1 Å². The van der Waals surface area contributed by atoms with Crippen molar-refractivity contribution >= 4 is 44.8 Å². The summed E-state index contributed by atoms with van der Waals surface area (Å²) in [6.45, 7) is -0.677. The summed E-state index contributed by atoms with van der Waals surface area (Å²) >= 11 is 11.8. The van der Waals surface area contributed by atoms with Gasteiger partial charge in [-0.25, -0.2) is 8.42 Å². The molecule has 0 spiro atoms. The number of carbonyl (C=O) groups excluding carboxylic acids is 1. The van der Waals surface area contributed by atoms with Gasteiger partial charge in [-0.15, -0.1) is 0 Å². The number of rotatable bonds is 8. The molecule has 1 amide bonds. The molecule has 0 unspecified atom stereocenters. The van der Waals surface area contributed by atoms with Crippen LogP contribution in [0.15, 0.2) is 77.7 Å². The molecule has 5 nitrogen and oxygen atoms in total. The summed E-state index contributed by atoms with van der Waals surface area (Å²) in [5.74, 6) is -0.841. The summed E-state index contributed by atoms with van der Waals surface area (Å²) in [4.78, 5) is 12.6. The van der Waals surface area contributed by atoms with E-state index in [1.54, 1.807) is 12.1 Å².